The summed E-state index contributed by atoms with van der Waals surface area (Å²) in [6.45, 7) is 9.59. The molecule has 0 spiro atoms. The molecule has 0 aliphatic carbocycles. The molecule has 1 aromatic rings. The Morgan fingerprint density at radius 3 is 2.51 bits per heavy atom. The quantitative estimate of drug-likeness (QED) is 0.270. The van der Waals surface area contributed by atoms with Crippen LogP contribution < -0.4 is 5.73 Å². The number of aliphatic imine (C=N–C) groups is 1. The van der Waals surface area contributed by atoms with Crippen molar-refractivity contribution < 1.29 is 23.1 Å². The van der Waals surface area contributed by atoms with Crippen LogP contribution in [0.25, 0.3) is 0 Å². The smallest absolute Gasteiger partial charge is 0.392 e. The van der Waals surface area contributed by atoms with E-state index in [-0.39, 0.29) is 24.3 Å². The van der Waals surface area contributed by atoms with Gasteiger partial charge in [-0.2, -0.15) is 13.2 Å². The Kier molecular flexibility index (Phi) is 8.28. The van der Waals surface area contributed by atoms with Crippen LogP contribution in [0.1, 0.15) is 49.3 Å². The minimum Gasteiger partial charge on any atom is -0.392 e. The third-order valence-corrected chi connectivity index (χ3v) is 7.82. The zero-order valence-corrected chi connectivity index (χ0v) is 21.3. The van der Waals surface area contributed by atoms with Gasteiger partial charge in [0, 0.05) is 50.0 Å². The maximum atomic E-state index is 13.5. The zero-order valence-electron chi connectivity index (χ0n) is 21.3. The highest BCUT2D eigenvalue weighted by Gasteiger charge is 2.33. The number of nitrogens with zero attached hydrogens (tertiary/aromatic N) is 4. The van der Waals surface area contributed by atoms with Crippen LogP contribution in [0.3, 0.4) is 0 Å². The maximum absolute atomic E-state index is 13.5. The number of alkyl halides is 3. The zero-order chi connectivity index (χ0) is 26.7. The average molecular weight is 520 g/mol. The fourth-order valence-corrected chi connectivity index (χ4v) is 5.62. The number of allylic oxidation sites excluding steroid dienone is 1. The lowest BCUT2D eigenvalue weighted by Gasteiger charge is -2.41. The van der Waals surface area contributed by atoms with Gasteiger partial charge in [0.2, 0.25) is 0 Å². The summed E-state index contributed by atoms with van der Waals surface area (Å²) < 4.78 is 39.7. The number of carbonyl (C=O) groups excluding carboxylic acids is 1. The molecule has 0 bridgehead atoms. The topological polar surface area (TPSA) is 85.4 Å². The number of halogens is 3. The molecule has 1 atom stereocenters. The lowest BCUT2D eigenvalue weighted by molar-refractivity contribution is -0.137. The average Bonchev–Trinajstić information content (AvgIpc) is 2.89. The lowest BCUT2D eigenvalue weighted by atomic mass is 9.96. The van der Waals surface area contributed by atoms with E-state index in [2.05, 4.69) is 16.5 Å². The first-order valence-corrected chi connectivity index (χ1v) is 12.9. The summed E-state index contributed by atoms with van der Waals surface area (Å²) in [6, 6.07) is 4.21. The molecule has 0 aromatic heterocycles. The van der Waals surface area contributed by atoms with Crippen molar-refractivity contribution in [2.45, 2.75) is 63.9 Å². The predicted molar refractivity (Wildman–Crippen MR) is 136 cm³/mol. The second-order valence-corrected chi connectivity index (χ2v) is 10.2. The number of β-amino-alcohol motifs (C(OH)–C–C–N with tert-alkyl or cyclic N) is 1. The van der Waals surface area contributed by atoms with E-state index >= 15 is 0 Å². The Bertz CT molecular complexity index is 1080. The molecule has 2 fully saturated rings. The van der Waals surface area contributed by atoms with Gasteiger partial charge in [-0.1, -0.05) is 12.6 Å². The number of hydrogen-bond acceptors (Lipinski definition) is 5. The number of fused-ring (bicyclic) bond motifs is 1. The van der Waals surface area contributed by atoms with E-state index in [4.69, 9.17) is 5.73 Å². The summed E-state index contributed by atoms with van der Waals surface area (Å²) in [4.78, 5) is 23.7. The summed E-state index contributed by atoms with van der Waals surface area (Å²) in [5, 5.41) is 10.0. The Hall–Kier alpha value is -2.85. The molecule has 202 valence electrons. The van der Waals surface area contributed by atoms with Gasteiger partial charge in [0.15, 0.2) is 0 Å². The maximum Gasteiger partial charge on any atom is 0.416 e. The van der Waals surface area contributed by atoms with E-state index in [1.165, 1.54) is 6.07 Å². The molecule has 10 heteroatoms. The van der Waals surface area contributed by atoms with Gasteiger partial charge in [-0.3, -0.25) is 9.69 Å². The number of amides is 1. The van der Waals surface area contributed by atoms with E-state index < -0.39 is 11.7 Å². The van der Waals surface area contributed by atoms with Crippen LogP contribution in [0.15, 0.2) is 46.7 Å². The van der Waals surface area contributed by atoms with Crippen LogP contribution in [-0.2, 0) is 23.9 Å². The largest absolute Gasteiger partial charge is 0.416 e. The lowest BCUT2D eigenvalue weighted by Crippen LogP contribution is -2.50. The molecule has 3 aliphatic heterocycles. The minimum atomic E-state index is -4.40. The Balaban J connectivity index is 1.45. The van der Waals surface area contributed by atoms with Gasteiger partial charge in [-0.15, -0.1) is 0 Å². The van der Waals surface area contributed by atoms with Gasteiger partial charge >= 0.3 is 6.18 Å². The van der Waals surface area contributed by atoms with Gasteiger partial charge in [0.25, 0.3) is 5.91 Å². The molecule has 3 heterocycles. The molecule has 2 saturated heterocycles. The van der Waals surface area contributed by atoms with Crippen LogP contribution in [0.5, 0.6) is 0 Å². The van der Waals surface area contributed by atoms with E-state index in [0.29, 0.717) is 55.5 Å². The number of carbonyl (C=O) groups is 1. The summed E-state index contributed by atoms with van der Waals surface area (Å²) in [6.07, 6.45) is 0.463. The molecule has 3 N–H and O–H groups in total. The monoisotopic (exact) mass is 519 g/mol. The Labute approximate surface area is 216 Å². The summed E-state index contributed by atoms with van der Waals surface area (Å²) in [5.74, 6) is -0.228. The number of hydrogen-bond donors (Lipinski definition) is 2. The van der Waals surface area contributed by atoms with Gasteiger partial charge in [-0.25, -0.2) is 4.99 Å². The van der Waals surface area contributed by atoms with Crippen LogP contribution in [-0.4, -0.2) is 76.9 Å². The van der Waals surface area contributed by atoms with E-state index in [1.54, 1.807) is 17.9 Å². The van der Waals surface area contributed by atoms with Crippen LogP contribution >= 0.6 is 0 Å². The number of rotatable bonds is 5. The molecule has 0 saturated carbocycles. The first-order chi connectivity index (χ1) is 17.6. The van der Waals surface area contributed by atoms with Crippen molar-refractivity contribution in [1.29, 1.82) is 0 Å². The second kappa shape index (κ2) is 11.3. The molecule has 0 radical (unpaired) electrons. The highest BCUT2D eigenvalue weighted by Crippen LogP contribution is 2.33. The van der Waals surface area contributed by atoms with E-state index in [9.17, 15) is 23.1 Å². The van der Waals surface area contributed by atoms with Crippen molar-refractivity contribution in [3.05, 3.63) is 58.4 Å². The van der Waals surface area contributed by atoms with Gasteiger partial charge in [0.05, 0.1) is 18.0 Å². The van der Waals surface area contributed by atoms with Crippen molar-refractivity contribution >= 4 is 12.2 Å². The molecule has 1 unspecified atom stereocenters. The summed E-state index contributed by atoms with van der Waals surface area (Å²) in [5.41, 5.74) is 7.73. The number of aliphatic hydroxyl groups excluding tert-OH is 1. The van der Waals surface area contributed by atoms with Gasteiger partial charge < -0.3 is 20.6 Å². The van der Waals surface area contributed by atoms with Crippen molar-refractivity contribution in [2.24, 2.45) is 10.7 Å². The first kappa shape index (κ1) is 27.2. The molecule has 1 amide bonds. The van der Waals surface area contributed by atoms with Crippen LogP contribution in [0, 0.1) is 0 Å². The normalized spacial score (nSPS) is 22.7. The van der Waals surface area contributed by atoms with E-state index in [0.717, 1.165) is 50.2 Å². The van der Waals surface area contributed by atoms with Gasteiger partial charge in [0.1, 0.15) is 5.70 Å². The number of piperidine rings is 2. The van der Waals surface area contributed by atoms with Crippen molar-refractivity contribution in [3.8, 4) is 0 Å². The third kappa shape index (κ3) is 6.18. The number of aliphatic hydroxyl groups is 1. The molecule has 37 heavy (non-hydrogen) atoms. The number of nitrogens with two attached hydrogens (primary N) is 1. The highest BCUT2D eigenvalue weighted by molar-refractivity contribution is 5.95. The molecule has 4 rings (SSSR count). The standard InChI is InChI=1S/C27H36F3N5O2/c1-18(19(2)34-11-7-20-5-6-22(27(28,29)30)14-21(20)15-34)25(32-17-31)26(37)33-12-8-23(9-13-33)35-10-3-4-24(36)16-35/h5-6,14,17,23-24,36H,2-4,7-13,15-16H2,1H3,(H2,31,32)/b25-18-. The Morgan fingerprint density at radius 1 is 1.14 bits per heavy atom. The third-order valence-electron chi connectivity index (χ3n) is 7.82. The SMILES string of the molecule is C=C(/C(C)=C(\N=CN)C(=O)N1CCC(N2CCCC(O)C2)CC1)N1CCc2ccc(C(F)(F)F)cc2C1. The molecular formula is C27H36F3N5O2. The molecule has 3 aliphatic rings. The number of benzene rings is 1. The van der Waals surface area contributed by atoms with E-state index in [1.807, 2.05) is 4.90 Å². The highest BCUT2D eigenvalue weighted by atomic mass is 19.4. The predicted octanol–water partition coefficient (Wildman–Crippen LogP) is 3.29. The van der Waals surface area contributed by atoms with Crippen LogP contribution in [0.4, 0.5) is 13.2 Å². The Morgan fingerprint density at radius 2 is 1.86 bits per heavy atom. The van der Waals surface area contributed by atoms with Crippen LogP contribution in [0.2, 0.25) is 0 Å². The summed E-state index contributed by atoms with van der Waals surface area (Å²) in [7, 11) is 0. The molecule has 1 aromatic carbocycles. The molecular weight excluding hydrogens is 483 g/mol. The summed E-state index contributed by atoms with van der Waals surface area (Å²) >= 11 is 0. The minimum absolute atomic E-state index is 0.203. The second-order valence-electron chi connectivity index (χ2n) is 10.2. The first-order valence-electron chi connectivity index (χ1n) is 12.9. The van der Waals surface area contributed by atoms with Crippen molar-refractivity contribution in [1.82, 2.24) is 14.7 Å². The van der Waals surface area contributed by atoms with Gasteiger partial charge in [-0.05, 0) is 68.8 Å². The van der Waals surface area contributed by atoms with Crippen molar-refractivity contribution in [3.63, 3.8) is 0 Å². The fraction of sp³-hybridized carbons (Fsp3) is 0.556. The molecule has 7 nitrogen and oxygen atoms in total. The fourth-order valence-electron chi connectivity index (χ4n) is 5.62. The van der Waals surface area contributed by atoms with Crippen molar-refractivity contribution in [2.75, 3.05) is 32.7 Å². The number of likely N-dealkylation sites (tertiary alicyclic amines) is 2.